The Bertz CT molecular complexity index is 1440. The lowest BCUT2D eigenvalue weighted by atomic mass is 9.94. The zero-order valence-corrected chi connectivity index (χ0v) is 22.2. The summed E-state index contributed by atoms with van der Waals surface area (Å²) in [4.78, 5) is 5.49. The number of alkyl halides is 3. The molecule has 0 N–H and O–H groups in total. The molecule has 1 fully saturated rings. The molecule has 0 amide bonds. The highest BCUT2D eigenvalue weighted by Gasteiger charge is 2.38. The summed E-state index contributed by atoms with van der Waals surface area (Å²) < 4.78 is 42.6. The van der Waals surface area contributed by atoms with Gasteiger partial charge in [0.1, 0.15) is 12.1 Å². The van der Waals surface area contributed by atoms with Crippen LogP contribution < -0.4 is 4.74 Å². The summed E-state index contributed by atoms with van der Waals surface area (Å²) in [6.07, 6.45) is -0.209. The van der Waals surface area contributed by atoms with Crippen LogP contribution in [0.5, 0.6) is 5.75 Å². The van der Waals surface area contributed by atoms with E-state index in [2.05, 4.69) is 59.9 Å². The molecule has 8 heteroatoms. The van der Waals surface area contributed by atoms with Crippen LogP contribution in [0.25, 0.3) is 17.1 Å². The minimum atomic E-state index is -4.72. The van der Waals surface area contributed by atoms with Gasteiger partial charge in [0.2, 0.25) is 0 Å². The molecule has 196 valence electrons. The molecule has 0 aliphatic heterocycles. The SMILES string of the molecule is Cc1cc(C)c(CC(=S)CC2CC2c2ccc(-c3ncn(-c4ccc(OC(F)(F)F)cc4)n3)cc2)c(C)c1. The molecular formula is C30H28F3N3OS. The number of aryl methyl sites for hydroxylation is 3. The van der Waals surface area contributed by atoms with Crippen LogP contribution in [0, 0.1) is 26.7 Å². The van der Waals surface area contributed by atoms with Crippen LogP contribution in [0.2, 0.25) is 0 Å². The van der Waals surface area contributed by atoms with Gasteiger partial charge in [-0.05, 0) is 96.8 Å². The topological polar surface area (TPSA) is 39.9 Å². The van der Waals surface area contributed by atoms with Crippen molar-refractivity contribution in [3.63, 3.8) is 0 Å². The highest BCUT2D eigenvalue weighted by Crippen LogP contribution is 2.50. The van der Waals surface area contributed by atoms with Crippen LogP contribution in [0.4, 0.5) is 13.2 Å². The fourth-order valence-electron chi connectivity index (χ4n) is 5.13. The molecule has 38 heavy (non-hydrogen) atoms. The molecule has 0 radical (unpaired) electrons. The van der Waals surface area contributed by atoms with Gasteiger partial charge in [0.15, 0.2) is 5.82 Å². The first-order valence-electron chi connectivity index (χ1n) is 12.5. The van der Waals surface area contributed by atoms with Gasteiger partial charge in [-0.15, -0.1) is 18.3 Å². The second-order valence-electron chi connectivity index (χ2n) is 10.1. The van der Waals surface area contributed by atoms with Crippen LogP contribution in [0.3, 0.4) is 0 Å². The summed E-state index contributed by atoms with van der Waals surface area (Å²) in [6.45, 7) is 6.46. The summed E-state index contributed by atoms with van der Waals surface area (Å²) in [5.41, 5.74) is 8.04. The summed E-state index contributed by atoms with van der Waals surface area (Å²) in [5, 5.41) is 4.48. The summed E-state index contributed by atoms with van der Waals surface area (Å²) in [5.74, 6) is 1.37. The number of ether oxygens (including phenoxy) is 1. The van der Waals surface area contributed by atoms with Crippen molar-refractivity contribution in [3.8, 4) is 22.8 Å². The van der Waals surface area contributed by atoms with Crippen molar-refractivity contribution in [3.05, 3.63) is 94.8 Å². The molecule has 1 heterocycles. The third-order valence-electron chi connectivity index (χ3n) is 7.05. The van der Waals surface area contributed by atoms with Crippen molar-refractivity contribution in [1.82, 2.24) is 14.8 Å². The lowest BCUT2D eigenvalue weighted by molar-refractivity contribution is -0.274. The third kappa shape index (κ3) is 6.13. The lowest BCUT2D eigenvalue weighted by Gasteiger charge is -2.12. The zero-order valence-electron chi connectivity index (χ0n) is 21.4. The number of benzene rings is 3. The molecule has 3 aromatic carbocycles. The monoisotopic (exact) mass is 535 g/mol. The normalized spacial score (nSPS) is 16.9. The van der Waals surface area contributed by atoms with Crippen molar-refractivity contribution in [2.75, 3.05) is 0 Å². The molecule has 1 aromatic heterocycles. The van der Waals surface area contributed by atoms with Crippen LogP contribution in [0.15, 0.2) is 67.0 Å². The average Bonchev–Trinajstić information content (AvgIpc) is 3.42. The van der Waals surface area contributed by atoms with Crippen molar-refractivity contribution in [1.29, 1.82) is 0 Å². The van der Waals surface area contributed by atoms with Crippen LogP contribution in [-0.4, -0.2) is 26.0 Å². The molecule has 4 nitrogen and oxygen atoms in total. The van der Waals surface area contributed by atoms with Gasteiger partial charge in [-0.3, -0.25) is 0 Å². The van der Waals surface area contributed by atoms with Crippen molar-refractivity contribution in [2.24, 2.45) is 5.92 Å². The predicted molar refractivity (Wildman–Crippen MR) is 146 cm³/mol. The molecule has 2 atom stereocenters. The van der Waals surface area contributed by atoms with E-state index in [0.29, 0.717) is 23.3 Å². The van der Waals surface area contributed by atoms with E-state index in [0.717, 1.165) is 29.7 Å². The zero-order chi connectivity index (χ0) is 27.0. The third-order valence-corrected chi connectivity index (χ3v) is 7.36. The van der Waals surface area contributed by atoms with Gasteiger partial charge in [0.05, 0.1) is 5.69 Å². The molecule has 2 unspecified atom stereocenters. The second-order valence-corrected chi connectivity index (χ2v) is 10.7. The highest BCUT2D eigenvalue weighted by atomic mass is 32.1. The van der Waals surface area contributed by atoms with Gasteiger partial charge in [-0.25, -0.2) is 9.67 Å². The Balaban J connectivity index is 1.18. The van der Waals surface area contributed by atoms with Crippen molar-refractivity contribution >= 4 is 17.1 Å². The maximum Gasteiger partial charge on any atom is 0.573 e. The number of rotatable bonds is 8. The molecule has 0 bridgehead atoms. The van der Waals surface area contributed by atoms with E-state index in [-0.39, 0.29) is 5.75 Å². The van der Waals surface area contributed by atoms with Crippen molar-refractivity contribution < 1.29 is 17.9 Å². The number of aromatic nitrogens is 3. The van der Waals surface area contributed by atoms with E-state index in [4.69, 9.17) is 12.2 Å². The number of thiocarbonyl (C=S) groups is 1. The van der Waals surface area contributed by atoms with Gasteiger partial charge >= 0.3 is 6.36 Å². The summed E-state index contributed by atoms with van der Waals surface area (Å²) in [7, 11) is 0. The van der Waals surface area contributed by atoms with Gasteiger partial charge in [-0.2, -0.15) is 0 Å². The Hall–Kier alpha value is -3.52. The average molecular weight is 536 g/mol. The first kappa shape index (κ1) is 26.1. The molecule has 1 aliphatic rings. The molecule has 5 rings (SSSR count). The van der Waals surface area contributed by atoms with Gasteiger partial charge in [0, 0.05) is 12.0 Å². The number of hydrogen-bond acceptors (Lipinski definition) is 4. The van der Waals surface area contributed by atoms with E-state index >= 15 is 0 Å². The Morgan fingerprint density at radius 3 is 2.29 bits per heavy atom. The summed E-state index contributed by atoms with van der Waals surface area (Å²) in [6, 6.07) is 18.2. The number of nitrogens with zero attached hydrogens (tertiary/aromatic N) is 3. The Labute approximate surface area is 225 Å². The quantitative estimate of drug-likeness (QED) is 0.215. The molecule has 1 saturated carbocycles. The first-order chi connectivity index (χ1) is 18.1. The van der Waals surface area contributed by atoms with Crippen LogP contribution in [0.1, 0.15) is 46.6 Å². The molecule has 1 aliphatic carbocycles. The Morgan fingerprint density at radius 1 is 1.00 bits per heavy atom. The minimum Gasteiger partial charge on any atom is -0.406 e. The smallest absolute Gasteiger partial charge is 0.406 e. The molecule has 0 saturated heterocycles. The Kier molecular flexibility index (Phi) is 7.09. The van der Waals surface area contributed by atoms with E-state index in [1.807, 2.05) is 12.1 Å². The molecule has 0 spiro atoms. The standard InChI is InChI=1S/C30H28F3N3OS/c1-18-12-19(2)27(20(3)13-18)16-26(38)14-23-15-28(23)21-4-6-22(7-5-21)29-34-17-36(35-29)24-8-10-25(11-9-24)37-30(31,32)33/h4-13,17,23,28H,14-16H2,1-3H3. The van der Waals surface area contributed by atoms with Crippen molar-refractivity contribution in [2.45, 2.75) is 52.3 Å². The lowest BCUT2D eigenvalue weighted by Crippen LogP contribution is -2.17. The maximum absolute atomic E-state index is 12.4. The Morgan fingerprint density at radius 2 is 1.66 bits per heavy atom. The van der Waals surface area contributed by atoms with E-state index in [9.17, 15) is 13.2 Å². The van der Waals surface area contributed by atoms with Crippen LogP contribution in [-0.2, 0) is 6.42 Å². The van der Waals surface area contributed by atoms with E-state index in [1.165, 1.54) is 63.1 Å². The predicted octanol–water partition coefficient (Wildman–Crippen LogP) is 7.86. The summed E-state index contributed by atoms with van der Waals surface area (Å²) >= 11 is 5.79. The van der Waals surface area contributed by atoms with Crippen LogP contribution >= 0.6 is 12.2 Å². The maximum atomic E-state index is 12.4. The molecule has 4 aromatic rings. The van der Waals surface area contributed by atoms with Gasteiger partial charge in [0.25, 0.3) is 0 Å². The fraction of sp³-hybridized carbons (Fsp3) is 0.300. The van der Waals surface area contributed by atoms with E-state index < -0.39 is 6.36 Å². The van der Waals surface area contributed by atoms with Gasteiger partial charge < -0.3 is 4.74 Å². The number of halogens is 3. The highest BCUT2D eigenvalue weighted by molar-refractivity contribution is 7.80. The second kappa shape index (κ2) is 10.3. The van der Waals surface area contributed by atoms with Gasteiger partial charge in [-0.1, -0.05) is 54.2 Å². The first-order valence-corrected chi connectivity index (χ1v) is 12.9. The van der Waals surface area contributed by atoms with E-state index in [1.54, 1.807) is 0 Å². The molecular weight excluding hydrogens is 507 g/mol. The minimum absolute atomic E-state index is 0.281. The largest absolute Gasteiger partial charge is 0.573 e. The fourth-order valence-corrected chi connectivity index (χ4v) is 5.49. The number of hydrogen-bond donors (Lipinski definition) is 0.